The molecule has 1 aliphatic rings. The van der Waals surface area contributed by atoms with Gasteiger partial charge in [-0.25, -0.2) is 4.98 Å². The van der Waals surface area contributed by atoms with Gasteiger partial charge in [0.05, 0.1) is 11.0 Å². The summed E-state index contributed by atoms with van der Waals surface area (Å²) in [7, 11) is 0. The Labute approximate surface area is 154 Å². The Balaban J connectivity index is 1.79. The molecule has 0 atom stereocenters. The summed E-state index contributed by atoms with van der Waals surface area (Å²) in [6, 6.07) is 6.37. The Bertz CT molecular complexity index is 859. The standard InChI is InChI=1S/C20H28N6/c1-2-17-16(5-4-12-21)20(26-25-17)18-6-3-7-19(24-18)23-13-14-8-10-15(22)11-9-14/h2-7,12,14-15,25H,8-11,13,21-22H2,1H3,(H,23,24)/b12-4-,16-5+,17-2+. The highest BCUT2D eigenvalue weighted by molar-refractivity contribution is 5.60. The molecule has 0 amide bonds. The minimum atomic E-state index is 0.383. The molecular weight excluding hydrogens is 324 g/mol. The van der Waals surface area contributed by atoms with Crippen molar-refractivity contribution >= 4 is 18.0 Å². The number of rotatable bonds is 5. The van der Waals surface area contributed by atoms with E-state index in [1.54, 1.807) is 6.08 Å². The van der Waals surface area contributed by atoms with Gasteiger partial charge in [-0.1, -0.05) is 12.1 Å². The molecular formula is C20H28N6. The number of nitrogens with one attached hydrogen (secondary N) is 2. The maximum atomic E-state index is 5.99. The van der Waals surface area contributed by atoms with Crippen LogP contribution in [0.2, 0.25) is 0 Å². The first-order valence-corrected chi connectivity index (χ1v) is 9.27. The Morgan fingerprint density at radius 2 is 2.08 bits per heavy atom. The molecule has 0 aliphatic heterocycles. The lowest BCUT2D eigenvalue weighted by Gasteiger charge is -2.26. The number of pyridine rings is 1. The van der Waals surface area contributed by atoms with E-state index in [4.69, 9.17) is 16.5 Å². The average Bonchev–Trinajstić information content (AvgIpc) is 3.09. The first-order valence-electron chi connectivity index (χ1n) is 9.27. The first-order chi connectivity index (χ1) is 12.7. The van der Waals surface area contributed by atoms with E-state index < -0.39 is 0 Å². The van der Waals surface area contributed by atoms with Crippen LogP contribution in [0.5, 0.6) is 0 Å². The Morgan fingerprint density at radius 3 is 2.81 bits per heavy atom. The number of allylic oxidation sites excluding steroid dienone is 1. The van der Waals surface area contributed by atoms with Gasteiger partial charge in [-0.15, -0.1) is 0 Å². The highest BCUT2D eigenvalue weighted by Crippen LogP contribution is 2.23. The van der Waals surface area contributed by atoms with Crippen molar-refractivity contribution in [2.75, 3.05) is 11.9 Å². The van der Waals surface area contributed by atoms with Crippen molar-refractivity contribution in [1.82, 2.24) is 15.2 Å². The van der Waals surface area contributed by atoms with E-state index in [9.17, 15) is 0 Å². The van der Waals surface area contributed by atoms with Gasteiger partial charge in [0, 0.05) is 17.8 Å². The third-order valence-electron chi connectivity index (χ3n) is 4.95. The molecule has 0 unspecified atom stereocenters. The van der Waals surface area contributed by atoms with Crippen molar-refractivity contribution in [2.45, 2.75) is 38.6 Å². The van der Waals surface area contributed by atoms with Crippen LogP contribution in [-0.2, 0) is 0 Å². The number of anilines is 1. The van der Waals surface area contributed by atoms with E-state index in [0.29, 0.717) is 12.0 Å². The van der Waals surface area contributed by atoms with E-state index in [0.717, 1.165) is 47.2 Å². The van der Waals surface area contributed by atoms with Crippen molar-refractivity contribution in [1.29, 1.82) is 0 Å². The molecule has 0 bridgehead atoms. The van der Waals surface area contributed by atoms with E-state index in [1.807, 2.05) is 37.3 Å². The molecule has 1 fully saturated rings. The SMILES string of the molecule is C/C=c1/[nH]nc(-c2cccc(NCC3CCC(N)CC3)n2)/c1=C/C=C\N. The fourth-order valence-corrected chi connectivity index (χ4v) is 3.41. The normalized spacial score (nSPS) is 22.2. The fourth-order valence-electron chi connectivity index (χ4n) is 3.41. The summed E-state index contributed by atoms with van der Waals surface area (Å²) in [6.07, 6.45) is 11.9. The fraction of sp³-hybridized carbons (Fsp3) is 0.400. The van der Waals surface area contributed by atoms with Gasteiger partial charge < -0.3 is 16.8 Å². The van der Waals surface area contributed by atoms with Crippen LogP contribution in [0.3, 0.4) is 0 Å². The monoisotopic (exact) mass is 352 g/mol. The quantitative estimate of drug-likeness (QED) is 0.652. The molecule has 0 saturated heterocycles. The van der Waals surface area contributed by atoms with E-state index >= 15 is 0 Å². The lowest BCUT2D eigenvalue weighted by Crippen LogP contribution is -2.29. The molecule has 2 aromatic heterocycles. The van der Waals surface area contributed by atoms with Crippen molar-refractivity contribution in [2.24, 2.45) is 17.4 Å². The molecule has 138 valence electrons. The zero-order valence-corrected chi connectivity index (χ0v) is 15.3. The molecule has 1 aliphatic carbocycles. The number of aromatic amines is 1. The molecule has 2 aromatic rings. The number of hydrogen-bond donors (Lipinski definition) is 4. The molecule has 3 rings (SSSR count). The zero-order valence-electron chi connectivity index (χ0n) is 15.3. The predicted molar refractivity (Wildman–Crippen MR) is 107 cm³/mol. The molecule has 0 aromatic carbocycles. The van der Waals surface area contributed by atoms with Gasteiger partial charge in [0.15, 0.2) is 0 Å². The van der Waals surface area contributed by atoms with E-state index in [1.165, 1.54) is 19.0 Å². The maximum absolute atomic E-state index is 5.99. The van der Waals surface area contributed by atoms with Crippen LogP contribution in [0.15, 0.2) is 30.5 Å². The second-order valence-electron chi connectivity index (χ2n) is 6.81. The van der Waals surface area contributed by atoms with Crippen molar-refractivity contribution < 1.29 is 0 Å². The summed E-state index contributed by atoms with van der Waals surface area (Å²) in [6.45, 7) is 2.91. The maximum Gasteiger partial charge on any atom is 0.126 e. The Hall–Kier alpha value is -2.60. The van der Waals surface area contributed by atoms with Gasteiger partial charge >= 0.3 is 0 Å². The van der Waals surface area contributed by atoms with Crippen LogP contribution in [0.25, 0.3) is 23.5 Å². The van der Waals surface area contributed by atoms with Crippen LogP contribution >= 0.6 is 0 Å². The summed E-state index contributed by atoms with van der Waals surface area (Å²) < 4.78 is 0. The van der Waals surface area contributed by atoms with Gasteiger partial charge in [0.25, 0.3) is 0 Å². The minimum Gasteiger partial charge on any atom is -0.405 e. The third kappa shape index (κ3) is 4.32. The molecule has 0 spiro atoms. The smallest absolute Gasteiger partial charge is 0.126 e. The molecule has 6 N–H and O–H groups in total. The van der Waals surface area contributed by atoms with Crippen LogP contribution in [0.4, 0.5) is 5.82 Å². The minimum absolute atomic E-state index is 0.383. The van der Waals surface area contributed by atoms with Gasteiger partial charge in [-0.05, 0) is 69.0 Å². The Morgan fingerprint density at radius 1 is 1.27 bits per heavy atom. The second-order valence-corrected chi connectivity index (χ2v) is 6.81. The number of aromatic nitrogens is 3. The third-order valence-corrected chi connectivity index (χ3v) is 4.95. The number of nitrogens with two attached hydrogens (primary N) is 2. The lowest BCUT2D eigenvalue weighted by atomic mass is 9.86. The highest BCUT2D eigenvalue weighted by atomic mass is 15.1. The van der Waals surface area contributed by atoms with Gasteiger partial charge in [-0.3, -0.25) is 5.10 Å². The lowest BCUT2D eigenvalue weighted by molar-refractivity contribution is 0.338. The van der Waals surface area contributed by atoms with Crippen LogP contribution < -0.4 is 27.4 Å². The molecule has 26 heavy (non-hydrogen) atoms. The van der Waals surface area contributed by atoms with Crippen molar-refractivity contribution in [3.63, 3.8) is 0 Å². The molecule has 6 nitrogen and oxygen atoms in total. The van der Waals surface area contributed by atoms with Crippen LogP contribution in [0, 0.1) is 5.92 Å². The zero-order chi connectivity index (χ0) is 18.4. The van der Waals surface area contributed by atoms with Gasteiger partial charge in [0.1, 0.15) is 11.5 Å². The topological polar surface area (TPSA) is 106 Å². The van der Waals surface area contributed by atoms with Gasteiger partial charge in [-0.2, -0.15) is 5.10 Å². The largest absolute Gasteiger partial charge is 0.405 e. The van der Waals surface area contributed by atoms with Crippen LogP contribution in [0.1, 0.15) is 32.6 Å². The van der Waals surface area contributed by atoms with Crippen molar-refractivity contribution in [3.8, 4) is 11.4 Å². The summed E-state index contributed by atoms with van der Waals surface area (Å²) in [5.41, 5.74) is 13.1. The molecule has 0 radical (unpaired) electrons. The van der Waals surface area contributed by atoms with Crippen molar-refractivity contribution in [3.05, 3.63) is 41.0 Å². The highest BCUT2D eigenvalue weighted by Gasteiger charge is 2.18. The molecule has 1 saturated carbocycles. The predicted octanol–water partition coefficient (Wildman–Crippen LogP) is 1.45. The number of hydrogen-bond acceptors (Lipinski definition) is 5. The second kappa shape index (κ2) is 8.67. The number of H-pyrrole nitrogens is 1. The van der Waals surface area contributed by atoms with Gasteiger partial charge in [0.2, 0.25) is 0 Å². The average molecular weight is 352 g/mol. The summed E-state index contributed by atoms with van der Waals surface area (Å²) in [4.78, 5) is 4.75. The molecule has 2 heterocycles. The summed E-state index contributed by atoms with van der Waals surface area (Å²) in [5, 5.41) is 12.9. The van der Waals surface area contributed by atoms with E-state index in [2.05, 4.69) is 15.5 Å². The van der Waals surface area contributed by atoms with E-state index in [-0.39, 0.29) is 0 Å². The summed E-state index contributed by atoms with van der Waals surface area (Å²) in [5.74, 6) is 1.55. The first kappa shape index (κ1) is 18.2. The number of nitrogens with zero attached hydrogens (tertiary/aromatic N) is 2. The Kier molecular flexibility index (Phi) is 6.07. The van der Waals surface area contributed by atoms with Crippen LogP contribution in [-0.4, -0.2) is 27.8 Å². The molecule has 6 heteroatoms. The summed E-state index contributed by atoms with van der Waals surface area (Å²) >= 11 is 0.